The lowest BCUT2D eigenvalue weighted by molar-refractivity contribution is -0.157. The van der Waals surface area contributed by atoms with Gasteiger partial charge < -0.3 is 29.1 Å². The molecule has 3 aliphatic heterocycles. The molecule has 1 amide bonds. The number of carbonyl (C=O) groups is 1. The van der Waals surface area contributed by atoms with Crippen LogP contribution in [0.15, 0.2) is 60.4 Å². The van der Waals surface area contributed by atoms with Gasteiger partial charge in [0.2, 0.25) is 6.29 Å². The van der Waals surface area contributed by atoms with E-state index >= 15 is 0 Å². The van der Waals surface area contributed by atoms with E-state index in [0.717, 1.165) is 48.4 Å². The van der Waals surface area contributed by atoms with Crippen molar-refractivity contribution in [2.24, 2.45) is 0 Å². The smallest absolute Gasteiger partial charge is 0.288 e. The third-order valence-corrected chi connectivity index (χ3v) is 8.11. The summed E-state index contributed by atoms with van der Waals surface area (Å²) in [6.45, 7) is 4.29. The molecule has 2 saturated heterocycles. The molecule has 7 heteroatoms. The summed E-state index contributed by atoms with van der Waals surface area (Å²) in [5.74, 6) is 1.15. The number of allylic oxidation sites excluding steroid dienone is 1. The number of ether oxygens (including phenoxy) is 3. The van der Waals surface area contributed by atoms with E-state index in [0.29, 0.717) is 24.8 Å². The SMILES string of the molecule is COc1ccc([C@@H]2C=C(C(=O)N3CCC(N4CCCCC4)CC3)O[C@H](OCc3ccc(CO)cc3)C2)cc1. The van der Waals surface area contributed by atoms with E-state index in [2.05, 4.69) is 4.90 Å². The lowest BCUT2D eigenvalue weighted by Crippen LogP contribution is -2.49. The van der Waals surface area contributed by atoms with Gasteiger partial charge in [0, 0.05) is 31.5 Å². The number of nitrogens with zero attached hydrogens (tertiary/aromatic N) is 2. The van der Waals surface area contributed by atoms with Gasteiger partial charge in [0.05, 0.1) is 20.3 Å². The van der Waals surface area contributed by atoms with Crippen molar-refractivity contribution >= 4 is 5.91 Å². The van der Waals surface area contributed by atoms with Gasteiger partial charge in [-0.1, -0.05) is 42.8 Å². The number of rotatable bonds is 8. The highest BCUT2D eigenvalue weighted by Crippen LogP contribution is 2.34. The molecule has 0 radical (unpaired) electrons. The summed E-state index contributed by atoms with van der Waals surface area (Å²) in [7, 11) is 1.66. The maximum Gasteiger partial charge on any atom is 0.288 e. The van der Waals surface area contributed by atoms with Crippen LogP contribution in [0.2, 0.25) is 0 Å². The van der Waals surface area contributed by atoms with E-state index in [9.17, 15) is 9.90 Å². The molecule has 3 heterocycles. The van der Waals surface area contributed by atoms with Gasteiger partial charge in [-0.05, 0) is 73.7 Å². The Morgan fingerprint density at radius 2 is 1.63 bits per heavy atom. The van der Waals surface area contributed by atoms with Gasteiger partial charge in [0.15, 0.2) is 5.76 Å². The van der Waals surface area contributed by atoms with Crippen molar-refractivity contribution in [2.75, 3.05) is 33.3 Å². The number of aliphatic hydroxyl groups excluding tert-OH is 1. The minimum atomic E-state index is -0.533. The molecule has 7 nitrogen and oxygen atoms in total. The van der Waals surface area contributed by atoms with E-state index in [4.69, 9.17) is 14.2 Å². The fraction of sp³-hybridized carbons (Fsp3) is 0.516. The first-order valence-electron chi connectivity index (χ1n) is 14.0. The summed E-state index contributed by atoms with van der Waals surface area (Å²) in [5, 5.41) is 9.30. The highest BCUT2D eigenvalue weighted by atomic mass is 16.7. The summed E-state index contributed by atoms with van der Waals surface area (Å²) >= 11 is 0. The number of aliphatic hydroxyl groups is 1. The average molecular weight is 521 g/mol. The van der Waals surface area contributed by atoms with Crippen LogP contribution in [0.5, 0.6) is 5.75 Å². The van der Waals surface area contributed by atoms with Gasteiger partial charge in [-0.15, -0.1) is 0 Å². The maximum atomic E-state index is 13.6. The Morgan fingerprint density at radius 3 is 2.29 bits per heavy atom. The van der Waals surface area contributed by atoms with Crippen molar-refractivity contribution in [3.63, 3.8) is 0 Å². The molecule has 0 bridgehead atoms. The molecule has 38 heavy (non-hydrogen) atoms. The van der Waals surface area contributed by atoms with E-state index in [-0.39, 0.29) is 18.4 Å². The number of hydrogen-bond acceptors (Lipinski definition) is 6. The number of hydrogen-bond donors (Lipinski definition) is 1. The molecular formula is C31H40N2O5. The summed E-state index contributed by atoms with van der Waals surface area (Å²) in [4.78, 5) is 18.2. The Kier molecular flexibility index (Phi) is 8.99. The zero-order chi connectivity index (χ0) is 26.3. The first-order chi connectivity index (χ1) is 18.6. The summed E-state index contributed by atoms with van der Waals surface area (Å²) in [6.07, 6.45) is 8.01. The molecule has 2 atom stereocenters. The number of likely N-dealkylation sites (tertiary alicyclic amines) is 2. The van der Waals surface area contributed by atoms with Gasteiger partial charge in [-0.3, -0.25) is 4.79 Å². The fourth-order valence-corrected chi connectivity index (χ4v) is 5.80. The van der Waals surface area contributed by atoms with Crippen molar-refractivity contribution in [1.29, 1.82) is 0 Å². The van der Waals surface area contributed by atoms with Crippen LogP contribution in [0.4, 0.5) is 0 Å². The fourth-order valence-electron chi connectivity index (χ4n) is 5.80. The van der Waals surface area contributed by atoms with Crippen molar-refractivity contribution in [2.45, 2.75) is 70.0 Å². The number of benzene rings is 2. The second-order valence-electron chi connectivity index (χ2n) is 10.6. The normalized spacial score (nSPS) is 23.0. The Hall–Kier alpha value is -2.87. The maximum absolute atomic E-state index is 13.6. The quantitative estimate of drug-likeness (QED) is 0.549. The van der Waals surface area contributed by atoms with Crippen molar-refractivity contribution in [3.05, 3.63) is 77.1 Å². The zero-order valence-electron chi connectivity index (χ0n) is 22.4. The predicted octanol–water partition coefficient (Wildman–Crippen LogP) is 4.60. The summed E-state index contributed by atoms with van der Waals surface area (Å²) < 4.78 is 17.7. The first kappa shape index (κ1) is 26.7. The van der Waals surface area contributed by atoms with Crippen LogP contribution in [0, 0.1) is 0 Å². The number of carbonyl (C=O) groups excluding carboxylic acids is 1. The third-order valence-electron chi connectivity index (χ3n) is 8.11. The van der Waals surface area contributed by atoms with Gasteiger partial charge in [-0.25, -0.2) is 0 Å². The molecule has 2 fully saturated rings. The average Bonchev–Trinajstić information content (AvgIpc) is 3.00. The molecule has 0 aromatic heterocycles. The van der Waals surface area contributed by atoms with Crippen LogP contribution in [-0.4, -0.2) is 66.4 Å². The van der Waals surface area contributed by atoms with Gasteiger partial charge in [0.25, 0.3) is 5.91 Å². The molecule has 0 saturated carbocycles. The topological polar surface area (TPSA) is 71.5 Å². The predicted molar refractivity (Wildman–Crippen MR) is 145 cm³/mol. The Morgan fingerprint density at radius 1 is 0.947 bits per heavy atom. The molecular weight excluding hydrogens is 480 g/mol. The highest BCUT2D eigenvalue weighted by molar-refractivity contribution is 5.91. The van der Waals surface area contributed by atoms with Gasteiger partial charge in [-0.2, -0.15) is 0 Å². The largest absolute Gasteiger partial charge is 0.497 e. The number of piperidine rings is 2. The van der Waals surface area contributed by atoms with Crippen molar-refractivity contribution in [3.8, 4) is 5.75 Å². The standard InChI is InChI=1S/C31H40N2O5/c1-36-28-11-9-25(10-12-28)26-19-29(38-30(20-26)37-22-24-7-5-23(21-34)6-8-24)31(35)33-17-13-27(14-18-33)32-15-3-2-4-16-32/h5-12,19,26-27,30,34H,2-4,13-18,20-22H2,1H3/t26-,30+/m1/s1. The van der Waals surface area contributed by atoms with Crippen molar-refractivity contribution in [1.82, 2.24) is 9.80 Å². The second-order valence-corrected chi connectivity index (χ2v) is 10.6. The molecule has 2 aromatic carbocycles. The molecule has 0 spiro atoms. The van der Waals surface area contributed by atoms with Crippen LogP contribution in [0.3, 0.4) is 0 Å². The molecule has 0 aliphatic carbocycles. The van der Waals surface area contributed by atoms with E-state index in [1.807, 2.05) is 59.5 Å². The van der Waals surface area contributed by atoms with Gasteiger partial charge in [0.1, 0.15) is 5.75 Å². The van der Waals surface area contributed by atoms with Crippen LogP contribution in [0.25, 0.3) is 0 Å². The molecule has 0 unspecified atom stereocenters. The highest BCUT2D eigenvalue weighted by Gasteiger charge is 2.34. The first-order valence-corrected chi connectivity index (χ1v) is 14.0. The molecule has 2 aromatic rings. The van der Waals surface area contributed by atoms with Crippen LogP contribution in [-0.2, 0) is 27.5 Å². The summed E-state index contributed by atoms with van der Waals surface area (Å²) in [6, 6.07) is 16.2. The van der Waals surface area contributed by atoms with Crippen LogP contribution >= 0.6 is 0 Å². The lowest BCUT2D eigenvalue weighted by Gasteiger charge is -2.40. The van der Waals surface area contributed by atoms with Crippen molar-refractivity contribution < 1.29 is 24.1 Å². The number of methoxy groups -OCH3 is 1. The van der Waals surface area contributed by atoms with Gasteiger partial charge >= 0.3 is 0 Å². The molecule has 3 aliphatic rings. The Balaban J connectivity index is 1.26. The minimum Gasteiger partial charge on any atom is -0.497 e. The molecule has 1 N–H and O–H groups in total. The number of amides is 1. The lowest BCUT2D eigenvalue weighted by atomic mass is 9.92. The van der Waals surface area contributed by atoms with E-state index in [1.54, 1.807) is 7.11 Å². The van der Waals surface area contributed by atoms with E-state index in [1.165, 1.54) is 32.4 Å². The molecule has 5 rings (SSSR count). The third kappa shape index (κ3) is 6.57. The second kappa shape index (κ2) is 12.8. The van der Waals surface area contributed by atoms with Crippen LogP contribution in [0.1, 0.15) is 61.1 Å². The zero-order valence-corrected chi connectivity index (χ0v) is 22.4. The molecule has 204 valence electrons. The van der Waals surface area contributed by atoms with E-state index < -0.39 is 6.29 Å². The van der Waals surface area contributed by atoms with Crippen LogP contribution < -0.4 is 4.74 Å². The summed E-state index contributed by atoms with van der Waals surface area (Å²) in [5.41, 5.74) is 2.96. The minimum absolute atomic E-state index is 0.00117. The monoisotopic (exact) mass is 520 g/mol. The Bertz CT molecular complexity index is 1070. The Labute approximate surface area is 226 Å².